The average Bonchev–Trinajstić information content (AvgIpc) is 1.72. The number of carbonyl (C=O) groups is 4. The van der Waals surface area contributed by atoms with Gasteiger partial charge in [0.25, 0.3) is 11.8 Å². The molecule has 2 aliphatic heterocycles. The first-order valence-electron chi connectivity index (χ1n) is 34.4. The summed E-state index contributed by atoms with van der Waals surface area (Å²) >= 11 is 0. The minimum atomic E-state index is -2.11. The van der Waals surface area contributed by atoms with E-state index < -0.39 is 67.7 Å². The summed E-state index contributed by atoms with van der Waals surface area (Å²) in [5.41, 5.74) is 2.63. The van der Waals surface area contributed by atoms with Crippen LogP contribution in [-0.4, -0.2) is 177 Å². The van der Waals surface area contributed by atoms with Crippen LogP contribution in [-0.2, 0) is 50.9 Å². The number of esters is 2. The summed E-state index contributed by atoms with van der Waals surface area (Å²) in [5.74, 6) is 0.0250. The molecule has 2 aromatic carbocycles. The minimum absolute atomic E-state index is 0.00542. The lowest BCUT2D eigenvalue weighted by atomic mass is 9.92. The number of carbonyl (C=O) groups excluding carboxylic acids is 4. The number of aliphatic hydroxyl groups excluding tert-OH is 2. The molecule has 99 heavy (non-hydrogen) atoms. The van der Waals surface area contributed by atoms with Crippen molar-refractivity contribution in [3.8, 4) is 11.5 Å². The Morgan fingerprint density at radius 1 is 0.626 bits per heavy atom. The molecule has 24 nitrogen and oxygen atoms in total. The lowest BCUT2D eigenvalue weighted by Crippen LogP contribution is -2.45. The summed E-state index contributed by atoms with van der Waals surface area (Å²) < 4.78 is 45.7. The molecule has 542 valence electrons. The van der Waals surface area contributed by atoms with Crippen molar-refractivity contribution in [1.82, 2.24) is 39.8 Å². The standard InChI is InChI=1S/C40H61N5O7Si.C34H47N5O7/c1-13-23-50-40(10)19-21-44(22-20-40)36-33(34(37(48)49-14-2)51-38(4,5)6)27(3)42-32-25-30(43-45(32)36)35(47)41-26-29(46)24-28-17-15-16-18-31(28)52-53(11,12)39(7,8)9;1-8-18-45-34(7)14-16-38(17-15-34)31-28(29(32(43)44-9-2)46-33(4,5)6)22(3)36-27-20-25(37-39(27)31)30(42)35-21-24(40)19-23-12-10-11-13-26(23)41/h13,15-18,25,29,34,46H,1,14,19-24,26H2,2-12H3,(H,41,47);8,10-13,20,24,29,40-41H,1,9,14-19,21H2,2-7H3,(H,35,42)/t29?,34-;24?,29-/m00/s1. The molecule has 4 atom stereocenters. The van der Waals surface area contributed by atoms with Crippen molar-refractivity contribution < 1.29 is 67.3 Å². The number of piperidine rings is 2. The van der Waals surface area contributed by atoms with Crippen LogP contribution in [0, 0.1) is 13.8 Å². The van der Waals surface area contributed by atoms with Crippen molar-refractivity contribution in [3.05, 3.63) is 131 Å². The van der Waals surface area contributed by atoms with Crippen LogP contribution in [0.15, 0.2) is 86.0 Å². The predicted molar refractivity (Wildman–Crippen MR) is 384 cm³/mol. The number of hydrogen-bond acceptors (Lipinski definition) is 20. The van der Waals surface area contributed by atoms with Crippen LogP contribution in [0.5, 0.6) is 11.5 Å². The molecule has 8 rings (SSSR count). The maximum absolute atomic E-state index is 13.6. The number of ether oxygens (including phenoxy) is 6. The van der Waals surface area contributed by atoms with E-state index in [0.717, 1.165) is 11.3 Å². The molecule has 0 spiro atoms. The number of nitrogens with zero attached hydrogens (tertiary/aromatic N) is 8. The fourth-order valence-corrected chi connectivity index (χ4v) is 12.7. The van der Waals surface area contributed by atoms with Crippen molar-refractivity contribution >= 4 is 55.0 Å². The average molecular weight is 1390 g/mol. The third kappa shape index (κ3) is 20.7. The van der Waals surface area contributed by atoms with Crippen molar-refractivity contribution in [1.29, 1.82) is 0 Å². The molecule has 4 aromatic heterocycles. The molecule has 0 saturated carbocycles. The van der Waals surface area contributed by atoms with Crippen LogP contribution < -0.4 is 24.9 Å². The summed E-state index contributed by atoms with van der Waals surface area (Å²) in [6.45, 7) is 44.7. The molecular weight excluding hydrogens is 1280 g/mol. The number of aliphatic hydroxyl groups is 2. The highest BCUT2D eigenvalue weighted by molar-refractivity contribution is 6.74. The van der Waals surface area contributed by atoms with E-state index >= 15 is 0 Å². The number of para-hydroxylation sites is 2. The van der Waals surface area contributed by atoms with Crippen LogP contribution in [0.4, 0.5) is 11.6 Å². The van der Waals surface area contributed by atoms with Gasteiger partial charge in [0.05, 0.1) is 72.2 Å². The van der Waals surface area contributed by atoms with Gasteiger partial charge in [-0.2, -0.15) is 19.2 Å². The second-order valence-electron chi connectivity index (χ2n) is 29.5. The fourth-order valence-electron chi connectivity index (χ4n) is 11.6. The maximum Gasteiger partial charge on any atom is 0.340 e. The normalized spacial score (nSPS) is 16.2. The van der Waals surface area contributed by atoms with E-state index in [-0.39, 0.29) is 66.1 Å². The lowest BCUT2D eigenvalue weighted by Gasteiger charge is -2.41. The Morgan fingerprint density at radius 3 is 1.38 bits per heavy atom. The van der Waals surface area contributed by atoms with E-state index in [1.807, 2.05) is 72.7 Å². The first kappa shape index (κ1) is 78.6. The highest BCUT2D eigenvalue weighted by Crippen LogP contribution is 2.42. The molecule has 0 aliphatic carbocycles. The van der Waals surface area contributed by atoms with Gasteiger partial charge in [-0.3, -0.25) is 9.59 Å². The predicted octanol–water partition coefficient (Wildman–Crippen LogP) is 10.8. The first-order valence-corrected chi connectivity index (χ1v) is 37.3. The molecule has 6 aromatic rings. The van der Waals surface area contributed by atoms with Gasteiger partial charge in [-0.15, -0.1) is 13.2 Å². The first-order chi connectivity index (χ1) is 46.4. The number of fused-ring (bicyclic) bond motifs is 2. The lowest BCUT2D eigenvalue weighted by molar-refractivity contribution is -0.167. The molecule has 2 fully saturated rings. The van der Waals surface area contributed by atoms with Crippen LogP contribution in [0.25, 0.3) is 11.3 Å². The summed E-state index contributed by atoms with van der Waals surface area (Å²) in [6.07, 6.45) is 2.81. The third-order valence-corrected chi connectivity index (χ3v) is 22.3. The van der Waals surface area contributed by atoms with Gasteiger partial charge >= 0.3 is 11.9 Å². The van der Waals surface area contributed by atoms with E-state index in [2.05, 4.69) is 86.4 Å². The number of phenolic OH excluding ortho intramolecular Hbond substituents is 1. The monoisotopic (exact) mass is 1390 g/mol. The van der Waals surface area contributed by atoms with Gasteiger partial charge in [-0.25, -0.2) is 19.6 Å². The number of phenols is 1. The zero-order valence-corrected chi connectivity index (χ0v) is 62.4. The molecule has 2 amide bonds. The molecule has 2 unspecified atom stereocenters. The second kappa shape index (κ2) is 33.1. The number of nitrogens with one attached hydrogen (secondary N) is 2. The van der Waals surface area contributed by atoms with Gasteiger partial charge in [0.15, 0.2) is 34.9 Å². The topological polar surface area (TPSA) is 284 Å². The van der Waals surface area contributed by atoms with Crippen LogP contribution in [0.3, 0.4) is 0 Å². The van der Waals surface area contributed by atoms with E-state index in [4.69, 9.17) is 47.9 Å². The Bertz CT molecular complexity index is 3780. The minimum Gasteiger partial charge on any atom is -0.543 e. The van der Waals surface area contributed by atoms with Gasteiger partial charge in [0, 0.05) is 75.6 Å². The molecule has 0 radical (unpaired) electrons. The van der Waals surface area contributed by atoms with Crippen LogP contribution in [0.2, 0.25) is 18.1 Å². The van der Waals surface area contributed by atoms with Gasteiger partial charge in [0.1, 0.15) is 23.1 Å². The van der Waals surface area contributed by atoms with Crippen LogP contribution in [0.1, 0.15) is 183 Å². The Hall–Kier alpha value is -7.78. The highest BCUT2D eigenvalue weighted by atomic mass is 28.4. The zero-order chi connectivity index (χ0) is 73.0. The van der Waals surface area contributed by atoms with Crippen molar-refractivity contribution in [2.75, 3.05) is 75.5 Å². The number of aryl methyl sites for hydroxylation is 2. The number of rotatable bonds is 28. The third-order valence-electron chi connectivity index (χ3n) is 17.9. The van der Waals surface area contributed by atoms with Gasteiger partial charge in [-0.05, 0) is 150 Å². The van der Waals surface area contributed by atoms with Crippen molar-refractivity contribution in [2.24, 2.45) is 0 Å². The number of aromatic nitrogens is 6. The second-order valence-corrected chi connectivity index (χ2v) is 34.2. The van der Waals surface area contributed by atoms with Gasteiger partial charge in [0.2, 0.25) is 8.32 Å². The van der Waals surface area contributed by atoms with Crippen LogP contribution >= 0.6 is 0 Å². The van der Waals surface area contributed by atoms with Crippen molar-refractivity contribution in [2.45, 2.75) is 207 Å². The molecule has 6 heterocycles. The Kier molecular flexibility index (Phi) is 26.3. The van der Waals surface area contributed by atoms with E-state index in [9.17, 15) is 34.5 Å². The fraction of sp³-hybridized carbons (Fsp3) is 0.568. The number of anilines is 2. The number of benzene rings is 2. The quantitative estimate of drug-likeness (QED) is 0.0173. The molecule has 25 heteroatoms. The summed E-state index contributed by atoms with van der Waals surface area (Å²) in [4.78, 5) is 67.7. The zero-order valence-electron chi connectivity index (χ0n) is 61.4. The molecule has 5 N–H and O–H groups in total. The SMILES string of the molecule is C=CCOC1(C)CCN(c2c([C@H](OC(C)(C)C)C(=O)OCC)c(C)nc3cc(C(=O)NCC(O)Cc4ccccc4O)nn23)CC1.C=CCOC1(C)CCN(c2c([C@H](OC(C)(C)C)C(=O)OCC)c(C)nc3cc(C(=O)NCC(O)Cc4ccccc4O[Si](C)(C)C(C)(C)C)nn23)CC1. The molecule has 2 saturated heterocycles. The summed E-state index contributed by atoms with van der Waals surface area (Å²) in [5, 5.41) is 46.7. The van der Waals surface area contributed by atoms with E-state index in [1.165, 1.54) is 0 Å². The maximum atomic E-state index is 13.6. The number of hydrogen-bond donors (Lipinski definition) is 5. The smallest absolute Gasteiger partial charge is 0.340 e. The molecular formula is C74H108N10O14Si. The van der Waals surface area contributed by atoms with E-state index in [0.29, 0.717) is 123 Å². The van der Waals surface area contributed by atoms with Gasteiger partial charge in [-0.1, -0.05) is 69.3 Å². The van der Waals surface area contributed by atoms with Crippen molar-refractivity contribution in [3.63, 3.8) is 0 Å². The number of amides is 2. The number of aromatic hydroxyl groups is 1. The Labute approximate surface area is 584 Å². The summed E-state index contributed by atoms with van der Waals surface area (Å²) in [6, 6.07) is 17.7. The van der Waals surface area contributed by atoms with E-state index in [1.54, 1.807) is 78.4 Å². The largest absolute Gasteiger partial charge is 0.543 e. The molecule has 2 aliphatic rings. The Balaban J connectivity index is 0.000000281. The van der Waals surface area contributed by atoms with Gasteiger partial charge < -0.3 is 68.6 Å². The molecule has 0 bridgehead atoms. The summed E-state index contributed by atoms with van der Waals surface area (Å²) in [7, 11) is -2.11. The highest BCUT2D eigenvalue weighted by Gasteiger charge is 2.42. The Morgan fingerprint density at radius 2 is 1.01 bits per heavy atom.